The fourth-order valence-corrected chi connectivity index (χ4v) is 7.55. The van der Waals surface area contributed by atoms with Crippen molar-refractivity contribution in [1.82, 2.24) is 9.80 Å². The first-order valence-electron chi connectivity index (χ1n) is 12.8. The molecule has 0 amide bonds. The maximum Gasteiger partial charge on any atom is 0.110 e. The largest absolute Gasteiger partial charge is 0.348 e. The summed E-state index contributed by atoms with van der Waals surface area (Å²) in [7, 11) is 0. The van der Waals surface area contributed by atoms with Gasteiger partial charge in [-0.05, 0) is 50.0 Å². The quantitative estimate of drug-likeness (QED) is 0.131. The number of hydrogen-bond donors (Lipinski definition) is 4. The van der Waals surface area contributed by atoms with E-state index in [1.165, 1.54) is 38.5 Å². The third-order valence-corrected chi connectivity index (χ3v) is 10.2. The molecule has 2 saturated carbocycles. The van der Waals surface area contributed by atoms with Crippen molar-refractivity contribution in [3.63, 3.8) is 0 Å². The molecule has 0 unspecified atom stereocenters. The minimum atomic E-state index is -0.157. The Labute approximate surface area is 240 Å². The number of rotatable bonds is 10. The molecule has 0 aliphatic heterocycles. The summed E-state index contributed by atoms with van der Waals surface area (Å²) >= 11 is 31.3. The Morgan fingerprint density at radius 2 is 0.971 bits per heavy atom. The van der Waals surface area contributed by atoms with Gasteiger partial charge in [0.25, 0.3) is 0 Å². The van der Waals surface area contributed by atoms with Gasteiger partial charge in [0.1, 0.15) is 9.98 Å². The van der Waals surface area contributed by atoms with E-state index in [4.69, 9.17) is 49.7 Å². The molecule has 3 rings (SSSR count). The summed E-state index contributed by atoms with van der Waals surface area (Å²) in [6, 6.07) is 8.56. The zero-order chi connectivity index (χ0) is 24.6. The maximum atomic E-state index is 6.03. The number of thiol groups is 4. The molecule has 2 nitrogen and oxygen atoms in total. The molecule has 0 heterocycles. The molecule has 0 saturated heterocycles. The lowest BCUT2D eigenvalue weighted by Gasteiger charge is -2.45. The number of thiocarbonyl (C=S) groups is 2. The first-order chi connectivity index (χ1) is 16.3. The second-order valence-electron chi connectivity index (χ2n) is 9.73. The van der Waals surface area contributed by atoms with E-state index >= 15 is 0 Å². The molecule has 0 N–H and O–H groups in total. The molecular formula is C26H40N2S6. The van der Waals surface area contributed by atoms with E-state index in [0.717, 1.165) is 84.2 Å². The summed E-state index contributed by atoms with van der Waals surface area (Å²) in [6.45, 7) is 1.79. The van der Waals surface area contributed by atoms with Crippen molar-refractivity contribution in [3.8, 4) is 0 Å². The molecule has 34 heavy (non-hydrogen) atoms. The highest BCUT2D eigenvalue weighted by atomic mass is 32.1. The predicted molar refractivity (Wildman–Crippen MR) is 170 cm³/mol. The van der Waals surface area contributed by atoms with E-state index in [1.54, 1.807) is 0 Å². The van der Waals surface area contributed by atoms with E-state index in [0.29, 0.717) is 0 Å². The van der Waals surface area contributed by atoms with Crippen molar-refractivity contribution in [2.45, 2.75) is 86.8 Å². The molecule has 190 valence electrons. The zero-order valence-corrected chi connectivity index (χ0v) is 25.3. The summed E-state index contributed by atoms with van der Waals surface area (Å²) in [4.78, 5) is 6.18. The van der Waals surface area contributed by atoms with Gasteiger partial charge >= 0.3 is 0 Å². The Bertz CT molecular complexity index is 733. The van der Waals surface area contributed by atoms with Crippen LogP contribution in [0.5, 0.6) is 0 Å². The van der Waals surface area contributed by atoms with Gasteiger partial charge in [-0.3, -0.25) is 0 Å². The van der Waals surface area contributed by atoms with Gasteiger partial charge in [0.05, 0.1) is 9.74 Å². The van der Waals surface area contributed by atoms with Crippen LogP contribution in [-0.2, 0) is 0 Å². The van der Waals surface area contributed by atoms with Gasteiger partial charge in [-0.2, -0.15) is 50.5 Å². The Kier molecular flexibility index (Phi) is 11.8. The molecule has 0 radical (unpaired) electrons. The SMILES string of the molecule is S=C(c1ccc(C(=S)N(CCCS)C2(S)CCCCC2)cc1)N(CCCS)C1(S)CCCCC1. The van der Waals surface area contributed by atoms with Crippen molar-refractivity contribution in [2.75, 3.05) is 24.6 Å². The molecule has 1 aromatic rings. The molecule has 1 aromatic carbocycles. The lowest BCUT2D eigenvalue weighted by Crippen LogP contribution is -2.49. The average Bonchev–Trinajstić information content (AvgIpc) is 2.85. The van der Waals surface area contributed by atoms with Crippen molar-refractivity contribution in [2.24, 2.45) is 0 Å². The standard InChI is InChI=1S/C26H40N2S6/c29-19-7-17-27(25(33)13-3-1-4-14-25)23(31)21-9-11-22(12-10-21)24(32)28(18-8-20-30)26(34)15-5-2-6-16-26/h9-12,29-30,33-34H,1-8,13-20H2. The van der Waals surface area contributed by atoms with Crippen LogP contribution in [0.3, 0.4) is 0 Å². The van der Waals surface area contributed by atoms with Crippen LogP contribution >= 0.6 is 75.0 Å². The van der Waals surface area contributed by atoms with Crippen LogP contribution in [-0.4, -0.2) is 54.1 Å². The Balaban J connectivity index is 1.79. The van der Waals surface area contributed by atoms with E-state index < -0.39 is 0 Å². The van der Waals surface area contributed by atoms with E-state index in [9.17, 15) is 0 Å². The van der Waals surface area contributed by atoms with Crippen LogP contribution in [0, 0.1) is 0 Å². The third-order valence-electron chi connectivity index (χ3n) is 7.26. The zero-order valence-electron chi connectivity index (χ0n) is 20.1. The minimum absolute atomic E-state index is 0.157. The van der Waals surface area contributed by atoms with Crippen molar-refractivity contribution in [3.05, 3.63) is 35.4 Å². The topological polar surface area (TPSA) is 6.48 Å². The molecule has 0 bridgehead atoms. The smallest absolute Gasteiger partial charge is 0.110 e. The molecular weight excluding hydrogens is 533 g/mol. The average molecular weight is 573 g/mol. The second kappa shape index (κ2) is 13.8. The monoisotopic (exact) mass is 572 g/mol. The van der Waals surface area contributed by atoms with Gasteiger partial charge in [0, 0.05) is 24.2 Å². The molecule has 2 aliphatic carbocycles. The highest BCUT2D eigenvalue weighted by Gasteiger charge is 2.37. The van der Waals surface area contributed by atoms with Crippen molar-refractivity contribution < 1.29 is 0 Å². The van der Waals surface area contributed by atoms with Crippen LogP contribution in [0.15, 0.2) is 24.3 Å². The van der Waals surface area contributed by atoms with Crippen molar-refractivity contribution in [1.29, 1.82) is 0 Å². The second-order valence-corrected chi connectivity index (χ2v) is 13.1. The van der Waals surface area contributed by atoms with Gasteiger partial charge in [-0.25, -0.2) is 0 Å². The first-order valence-corrected chi connectivity index (χ1v) is 15.7. The molecule has 0 aromatic heterocycles. The molecule has 0 spiro atoms. The van der Waals surface area contributed by atoms with Crippen LogP contribution in [0.2, 0.25) is 0 Å². The summed E-state index contributed by atoms with van der Waals surface area (Å²) in [6.07, 6.45) is 13.7. The van der Waals surface area contributed by atoms with Gasteiger partial charge in [0.15, 0.2) is 0 Å². The van der Waals surface area contributed by atoms with E-state index in [1.807, 2.05) is 0 Å². The highest BCUT2D eigenvalue weighted by Crippen LogP contribution is 2.39. The third kappa shape index (κ3) is 7.25. The van der Waals surface area contributed by atoms with Crippen LogP contribution in [0.4, 0.5) is 0 Å². The fraction of sp³-hybridized carbons (Fsp3) is 0.692. The number of nitrogens with zero attached hydrogens (tertiary/aromatic N) is 2. The minimum Gasteiger partial charge on any atom is -0.348 e. The van der Waals surface area contributed by atoms with Gasteiger partial charge < -0.3 is 9.80 Å². The molecule has 8 heteroatoms. The summed E-state index contributed by atoms with van der Waals surface area (Å²) < 4.78 is 0. The molecule has 2 aliphatic rings. The Morgan fingerprint density at radius 3 is 1.26 bits per heavy atom. The maximum absolute atomic E-state index is 6.03. The van der Waals surface area contributed by atoms with Gasteiger partial charge in [0.2, 0.25) is 0 Å². The van der Waals surface area contributed by atoms with Gasteiger partial charge in [-0.15, -0.1) is 0 Å². The van der Waals surface area contributed by atoms with Crippen molar-refractivity contribution >= 4 is 84.9 Å². The number of benzene rings is 1. The normalized spacial score (nSPS) is 19.4. The molecule has 0 atom stereocenters. The van der Waals surface area contributed by atoms with Crippen LogP contribution < -0.4 is 0 Å². The highest BCUT2D eigenvalue weighted by molar-refractivity contribution is 7.83. The lowest BCUT2D eigenvalue weighted by atomic mass is 9.92. The number of hydrogen-bond acceptors (Lipinski definition) is 6. The predicted octanol–water partition coefficient (Wildman–Crippen LogP) is 7.46. The van der Waals surface area contributed by atoms with E-state index in [-0.39, 0.29) is 9.74 Å². The Morgan fingerprint density at radius 1 is 0.647 bits per heavy atom. The summed E-state index contributed by atoms with van der Waals surface area (Å²) in [5.74, 6) is 1.70. The van der Waals surface area contributed by atoms with E-state index in [2.05, 4.69) is 59.3 Å². The summed E-state index contributed by atoms with van der Waals surface area (Å²) in [5, 5.41) is 0. The lowest BCUT2D eigenvalue weighted by molar-refractivity contribution is 0.216. The summed E-state index contributed by atoms with van der Waals surface area (Å²) in [5.41, 5.74) is 2.14. The first kappa shape index (κ1) is 29.0. The fourth-order valence-electron chi connectivity index (χ4n) is 5.30. The van der Waals surface area contributed by atoms with Crippen LogP contribution in [0.1, 0.15) is 88.2 Å². The Hall–Kier alpha value is 0.400. The molecule has 2 fully saturated rings. The van der Waals surface area contributed by atoms with Gasteiger partial charge in [-0.1, -0.05) is 87.2 Å². The van der Waals surface area contributed by atoms with Crippen LogP contribution in [0.25, 0.3) is 0 Å².